The Morgan fingerprint density at radius 1 is 0.978 bits per heavy atom. The minimum Gasteiger partial charge on any atom is -0.478 e. The molecule has 1 aliphatic carbocycles. The molecule has 45 heavy (non-hydrogen) atoms. The number of carboxylic acid groups (broad SMARTS) is 1. The van der Waals surface area contributed by atoms with Gasteiger partial charge in [-0.3, -0.25) is 4.90 Å². The number of piperidine rings is 1. The van der Waals surface area contributed by atoms with Crippen molar-refractivity contribution in [3.8, 4) is 5.88 Å². The third kappa shape index (κ3) is 5.78. The molecular formula is C34H34FN5O5. The van der Waals surface area contributed by atoms with Gasteiger partial charge in [-0.05, 0) is 75.5 Å². The number of imidazole rings is 1. The highest BCUT2D eigenvalue weighted by atomic mass is 19.1. The number of aromatic carboxylic acids is 1. The van der Waals surface area contributed by atoms with E-state index >= 15 is 0 Å². The molecule has 1 unspecified atom stereocenters. The Hall–Kier alpha value is -4.35. The van der Waals surface area contributed by atoms with Crippen LogP contribution in [0.3, 0.4) is 0 Å². The molecule has 0 spiro atoms. The first kappa shape index (κ1) is 28.1. The molecule has 0 amide bonds. The molecule has 2 aliphatic heterocycles. The van der Waals surface area contributed by atoms with Crippen molar-refractivity contribution in [2.45, 2.75) is 69.7 Å². The van der Waals surface area contributed by atoms with Gasteiger partial charge in [-0.15, -0.1) is 0 Å². The van der Waals surface area contributed by atoms with Gasteiger partial charge in [0.1, 0.15) is 23.8 Å². The summed E-state index contributed by atoms with van der Waals surface area (Å²) in [6.45, 7) is 3.92. The summed E-state index contributed by atoms with van der Waals surface area (Å²) < 4.78 is 34.5. The van der Waals surface area contributed by atoms with Crippen molar-refractivity contribution < 1.29 is 28.2 Å². The van der Waals surface area contributed by atoms with Crippen LogP contribution in [0.1, 0.15) is 77.3 Å². The lowest BCUT2D eigenvalue weighted by Crippen LogP contribution is -2.35. The zero-order valence-electron chi connectivity index (χ0n) is 24.8. The molecule has 11 heteroatoms. The third-order valence-corrected chi connectivity index (χ3v) is 9.25. The zero-order valence-corrected chi connectivity index (χ0v) is 24.8. The van der Waals surface area contributed by atoms with Crippen molar-refractivity contribution >= 4 is 28.1 Å². The molecule has 5 heterocycles. The number of likely N-dealkylation sites (tertiary alicyclic amines) is 1. The molecule has 8 rings (SSSR count). The normalized spacial score (nSPS) is 19.3. The van der Waals surface area contributed by atoms with E-state index in [0.717, 1.165) is 74.4 Å². The number of fused-ring (bicyclic) bond motifs is 2. The quantitative estimate of drug-likeness (QED) is 0.202. The fourth-order valence-corrected chi connectivity index (χ4v) is 6.36. The van der Waals surface area contributed by atoms with Gasteiger partial charge in [-0.25, -0.2) is 24.1 Å². The zero-order chi connectivity index (χ0) is 30.5. The van der Waals surface area contributed by atoms with E-state index in [-0.39, 0.29) is 30.0 Å². The predicted octanol–water partition coefficient (Wildman–Crippen LogP) is 6.03. The molecule has 0 radical (unpaired) electrons. The molecule has 2 saturated heterocycles. The maximum Gasteiger partial charge on any atom is 0.335 e. The molecule has 3 aliphatic rings. The molecule has 0 bridgehead atoms. The molecule has 232 valence electrons. The van der Waals surface area contributed by atoms with Crippen molar-refractivity contribution in [2.24, 2.45) is 0 Å². The topological polar surface area (TPSA) is 116 Å². The van der Waals surface area contributed by atoms with Crippen molar-refractivity contribution in [3.05, 3.63) is 82.9 Å². The number of ether oxygens (including phenoxy) is 2. The average Bonchev–Trinajstić information content (AvgIpc) is 3.71. The Labute approximate surface area is 258 Å². The Morgan fingerprint density at radius 2 is 1.82 bits per heavy atom. The number of oxazole rings is 1. The van der Waals surface area contributed by atoms with Crippen molar-refractivity contribution in [1.29, 1.82) is 0 Å². The molecule has 1 saturated carbocycles. The van der Waals surface area contributed by atoms with Crippen molar-refractivity contribution in [2.75, 3.05) is 19.7 Å². The van der Waals surface area contributed by atoms with E-state index < -0.39 is 5.97 Å². The van der Waals surface area contributed by atoms with E-state index in [9.17, 15) is 14.3 Å². The number of benzene rings is 2. The van der Waals surface area contributed by atoms with Crippen LogP contribution in [0.15, 0.2) is 52.9 Å². The van der Waals surface area contributed by atoms with E-state index in [2.05, 4.69) is 14.5 Å². The summed E-state index contributed by atoms with van der Waals surface area (Å²) in [5, 5.41) is 9.53. The van der Waals surface area contributed by atoms with Crippen LogP contribution in [0.5, 0.6) is 5.88 Å². The lowest BCUT2D eigenvalue weighted by Gasteiger charge is -2.32. The average molecular weight is 612 g/mol. The van der Waals surface area contributed by atoms with Crippen LogP contribution in [0, 0.1) is 5.82 Å². The molecule has 3 aromatic heterocycles. The highest BCUT2D eigenvalue weighted by molar-refractivity contribution is 5.92. The van der Waals surface area contributed by atoms with E-state index in [1.807, 2.05) is 12.1 Å². The van der Waals surface area contributed by atoms with Gasteiger partial charge in [0.05, 0.1) is 35.8 Å². The van der Waals surface area contributed by atoms with Gasteiger partial charge in [-0.1, -0.05) is 6.07 Å². The summed E-state index contributed by atoms with van der Waals surface area (Å²) in [7, 11) is 0. The Morgan fingerprint density at radius 3 is 2.58 bits per heavy atom. The summed E-state index contributed by atoms with van der Waals surface area (Å²) in [4.78, 5) is 28.1. The van der Waals surface area contributed by atoms with Crippen LogP contribution in [0.2, 0.25) is 0 Å². The molecule has 5 aromatic rings. The van der Waals surface area contributed by atoms with Gasteiger partial charge < -0.3 is 23.6 Å². The SMILES string of the molecule is O=C(O)c1ccc2nc(CN3CCC(c4cccc(OCc5cc6oc(C7CC7)nc6cc5F)n4)CC3)n(CC3CCO3)c2c1. The number of carbonyl (C=O) groups is 1. The smallest absolute Gasteiger partial charge is 0.335 e. The minimum absolute atomic E-state index is 0.0526. The molecular weight excluding hydrogens is 577 g/mol. The molecule has 2 aromatic carbocycles. The van der Waals surface area contributed by atoms with Crippen molar-refractivity contribution in [1.82, 2.24) is 24.4 Å². The van der Waals surface area contributed by atoms with Crippen molar-refractivity contribution in [3.63, 3.8) is 0 Å². The van der Waals surface area contributed by atoms with Gasteiger partial charge in [-0.2, -0.15) is 0 Å². The van der Waals surface area contributed by atoms with Gasteiger partial charge in [0, 0.05) is 41.8 Å². The lowest BCUT2D eigenvalue weighted by molar-refractivity contribution is -0.0592. The van der Waals surface area contributed by atoms with E-state index in [1.54, 1.807) is 30.3 Å². The summed E-state index contributed by atoms with van der Waals surface area (Å²) in [6.07, 6.45) is 5.13. The van der Waals surface area contributed by atoms with Gasteiger partial charge >= 0.3 is 5.97 Å². The van der Waals surface area contributed by atoms with Gasteiger partial charge in [0.2, 0.25) is 5.88 Å². The third-order valence-electron chi connectivity index (χ3n) is 9.25. The Kier molecular flexibility index (Phi) is 7.22. The van der Waals surface area contributed by atoms with E-state index in [4.69, 9.17) is 23.9 Å². The first-order chi connectivity index (χ1) is 22.0. The van der Waals surface area contributed by atoms with Crippen LogP contribution < -0.4 is 4.74 Å². The number of hydrogen-bond donors (Lipinski definition) is 1. The van der Waals surface area contributed by atoms with Crippen LogP contribution in [-0.2, 0) is 24.4 Å². The Balaban J connectivity index is 0.918. The second-order valence-electron chi connectivity index (χ2n) is 12.4. The monoisotopic (exact) mass is 611 g/mol. The highest BCUT2D eigenvalue weighted by Gasteiger charge is 2.29. The van der Waals surface area contributed by atoms with E-state index in [0.29, 0.717) is 47.4 Å². The number of halogens is 1. The highest BCUT2D eigenvalue weighted by Crippen LogP contribution is 2.41. The Bertz CT molecular complexity index is 1890. The number of aromatic nitrogens is 4. The summed E-state index contributed by atoms with van der Waals surface area (Å²) >= 11 is 0. The fourth-order valence-electron chi connectivity index (χ4n) is 6.36. The number of hydrogen-bond acceptors (Lipinski definition) is 8. The second kappa shape index (κ2) is 11.5. The molecule has 3 fully saturated rings. The fraction of sp³-hybridized carbons (Fsp3) is 0.412. The minimum atomic E-state index is -0.946. The van der Waals surface area contributed by atoms with Crippen LogP contribution in [0.4, 0.5) is 4.39 Å². The summed E-state index contributed by atoms with van der Waals surface area (Å²) in [6, 6.07) is 14.0. The number of pyridine rings is 1. The van der Waals surface area contributed by atoms with E-state index in [1.165, 1.54) is 6.07 Å². The maximum absolute atomic E-state index is 14.8. The molecule has 10 nitrogen and oxygen atoms in total. The standard InChI is InChI=1S/C34H34FN5O5/c35-25-16-28-30(45-33(38-28)21-4-5-21)15-23(25)19-44-32-3-1-2-26(37-32)20-8-11-39(12-9-20)18-31-36-27-7-6-22(34(41)42)14-29(27)40(31)17-24-10-13-43-24/h1-3,6-7,14-16,20-21,24H,4-5,8-13,17-19H2,(H,41,42). The molecule has 1 atom stereocenters. The number of nitrogens with zero attached hydrogens (tertiary/aromatic N) is 5. The first-order valence-corrected chi connectivity index (χ1v) is 15.7. The summed E-state index contributed by atoms with van der Waals surface area (Å²) in [5.41, 5.74) is 4.41. The number of rotatable bonds is 10. The van der Waals surface area contributed by atoms with Gasteiger partial charge in [0.15, 0.2) is 11.5 Å². The van der Waals surface area contributed by atoms with Crippen LogP contribution >= 0.6 is 0 Å². The van der Waals surface area contributed by atoms with Crippen LogP contribution in [-0.4, -0.2) is 61.3 Å². The largest absolute Gasteiger partial charge is 0.478 e. The van der Waals surface area contributed by atoms with Gasteiger partial charge in [0.25, 0.3) is 0 Å². The predicted molar refractivity (Wildman–Crippen MR) is 163 cm³/mol. The lowest BCUT2D eigenvalue weighted by atomic mass is 9.93. The molecule has 1 N–H and O–H groups in total. The number of carboxylic acids is 1. The second-order valence-corrected chi connectivity index (χ2v) is 12.4. The maximum atomic E-state index is 14.8. The first-order valence-electron chi connectivity index (χ1n) is 15.7. The summed E-state index contributed by atoms with van der Waals surface area (Å²) in [5.74, 6) is 1.43. The van der Waals surface area contributed by atoms with Crippen LogP contribution in [0.25, 0.3) is 22.1 Å².